The molecule has 118 valence electrons. The number of thiazole rings is 1. The van der Waals surface area contributed by atoms with E-state index >= 15 is 0 Å². The van der Waals surface area contributed by atoms with Gasteiger partial charge in [0.05, 0.1) is 10.6 Å². The lowest BCUT2D eigenvalue weighted by Crippen LogP contribution is -1.98. The molecular weight excluding hydrogens is 358 g/mol. The average Bonchev–Trinajstić information content (AvgIpc) is 2.95. The third-order valence-electron chi connectivity index (χ3n) is 2.93. The van der Waals surface area contributed by atoms with Crippen LogP contribution in [0.15, 0.2) is 52.9 Å². The Balaban J connectivity index is 1.79. The topological polar surface area (TPSA) is 92.2 Å². The van der Waals surface area contributed by atoms with Crippen LogP contribution in [0.25, 0.3) is 11.3 Å². The van der Waals surface area contributed by atoms with Crippen molar-refractivity contribution in [1.82, 2.24) is 9.97 Å². The molecule has 0 amide bonds. The van der Waals surface area contributed by atoms with Crippen molar-refractivity contribution in [3.63, 3.8) is 0 Å². The molecule has 0 aliphatic heterocycles. The van der Waals surface area contributed by atoms with Crippen LogP contribution in [0.3, 0.4) is 0 Å². The Morgan fingerprint density at radius 3 is 2.57 bits per heavy atom. The van der Waals surface area contributed by atoms with E-state index in [2.05, 4.69) is 15.3 Å². The molecule has 0 aliphatic rings. The molecule has 2 aromatic heterocycles. The van der Waals surface area contributed by atoms with E-state index in [1.807, 2.05) is 11.4 Å². The minimum absolute atomic E-state index is 0.158. The van der Waals surface area contributed by atoms with Gasteiger partial charge in [-0.25, -0.2) is 9.97 Å². The molecule has 0 saturated heterocycles. The van der Waals surface area contributed by atoms with Crippen molar-refractivity contribution in [3.8, 4) is 11.3 Å². The first-order chi connectivity index (χ1) is 10.9. The van der Waals surface area contributed by atoms with Gasteiger partial charge in [-0.05, 0) is 36.4 Å². The second kappa shape index (κ2) is 6.25. The summed E-state index contributed by atoms with van der Waals surface area (Å²) in [5.74, 6) is 0. The monoisotopic (exact) mass is 367 g/mol. The number of benzene rings is 1. The minimum atomic E-state index is -4.19. The van der Waals surface area contributed by atoms with Gasteiger partial charge in [-0.1, -0.05) is 11.6 Å². The van der Waals surface area contributed by atoms with Crippen LogP contribution in [0.4, 0.5) is 10.8 Å². The first-order valence-electron chi connectivity index (χ1n) is 6.34. The fourth-order valence-corrected chi connectivity index (χ4v) is 3.25. The highest BCUT2D eigenvalue weighted by molar-refractivity contribution is 7.85. The maximum atomic E-state index is 11.0. The molecule has 3 rings (SSSR count). The quantitative estimate of drug-likeness (QED) is 0.537. The van der Waals surface area contributed by atoms with Gasteiger partial charge in [-0.3, -0.25) is 4.55 Å². The molecule has 0 unspecified atom stereocenters. The lowest BCUT2D eigenvalue weighted by Gasteiger charge is -2.03. The zero-order chi connectivity index (χ0) is 16.4. The van der Waals surface area contributed by atoms with Gasteiger partial charge in [0.1, 0.15) is 5.15 Å². The zero-order valence-corrected chi connectivity index (χ0v) is 13.9. The number of aromatic nitrogens is 2. The van der Waals surface area contributed by atoms with E-state index in [4.69, 9.17) is 16.2 Å². The first-order valence-corrected chi connectivity index (χ1v) is 9.03. The second-order valence-corrected chi connectivity index (χ2v) is 7.20. The molecule has 2 heterocycles. The van der Waals surface area contributed by atoms with E-state index in [1.54, 1.807) is 24.4 Å². The number of pyridine rings is 1. The van der Waals surface area contributed by atoms with Gasteiger partial charge in [0.15, 0.2) is 5.13 Å². The summed E-state index contributed by atoms with van der Waals surface area (Å²) < 4.78 is 30.9. The number of nitrogens with one attached hydrogen (secondary N) is 1. The number of hydrogen-bond donors (Lipinski definition) is 2. The third kappa shape index (κ3) is 3.85. The Labute approximate surface area is 141 Å². The van der Waals surface area contributed by atoms with E-state index in [0.29, 0.717) is 16.0 Å². The summed E-state index contributed by atoms with van der Waals surface area (Å²) in [4.78, 5) is 8.21. The highest BCUT2D eigenvalue weighted by atomic mass is 35.5. The molecule has 6 nitrogen and oxygen atoms in total. The van der Waals surface area contributed by atoms with Crippen molar-refractivity contribution < 1.29 is 13.0 Å². The lowest BCUT2D eigenvalue weighted by atomic mass is 10.2. The van der Waals surface area contributed by atoms with Crippen LogP contribution in [0.5, 0.6) is 0 Å². The Morgan fingerprint density at radius 2 is 1.91 bits per heavy atom. The van der Waals surface area contributed by atoms with Crippen molar-refractivity contribution in [1.29, 1.82) is 0 Å². The smallest absolute Gasteiger partial charge is 0.294 e. The summed E-state index contributed by atoms with van der Waals surface area (Å²) in [6.07, 6.45) is 1.61. The fraction of sp³-hybridized carbons (Fsp3) is 0. The summed E-state index contributed by atoms with van der Waals surface area (Å²) >= 11 is 7.26. The SMILES string of the molecule is O=S(=O)(O)c1ccc(Nc2nc(-c3ccnc(Cl)c3)cs2)cc1. The highest BCUT2D eigenvalue weighted by Gasteiger charge is 2.09. The van der Waals surface area contributed by atoms with Gasteiger partial charge < -0.3 is 5.32 Å². The molecule has 1 aromatic carbocycles. The van der Waals surface area contributed by atoms with E-state index in [0.717, 1.165) is 11.3 Å². The van der Waals surface area contributed by atoms with Crippen LogP contribution >= 0.6 is 22.9 Å². The second-order valence-electron chi connectivity index (χ2n) is 4.53. The lowest BCUT2D eigenvalue weighted by molar-refractivity contribution is 0.483. The third-order valence-corrected chi connectivity index (χ3v) is 4.76. The van der Waals surface area contributed by atoms with Crippen LogP contribution < -0.4 is 5.32 Å². The molecule has 9 heteroatoms. The van der Waals surface area contributed by atoms with Gasteiger partial charge in [0, 0.05) is 22.8 Å². The van der Waals surface area contributed by atoms with Crippen molar-refractivity contribution in [2.24, 2.45) is 0 Å². The molecule has 0 radical (unpaired) electrons. The maximum absolute atomic E-state index is 11.0. The van der Waals surface area contributed by atoms with Gasteiger partial charge in [0.25, 0.3) is 10.1 Å². The Kier molecular flexibility index (Phi) is 4.31. The number of halogens is 1. The summed E-state index contributed by atoms with van der Waals surface area (Å²) in [6.45, 7) is 0. The highest BCUT2D eigenvalue weighted by Crippen LogP contribution is 2.28. The normalized spacial score (nSPS) is 11.4. The van der Waals surface area contributed by atoms with Crippen LogP contribution in [-0.4, -0.2) is 22.9 Å². The molecule has 0 fully saturated rings. The summed E-state index contributed by atoms with van der Waals surface area (Å²) in [5.41, 5.74) is 2.28. The van der Waals surface area contributed by atoms with E-state index in [9.17, 15) is 8.42 Å². The molecular formula is C14H10ClN3O3S2. The number of hydrogen-bond acceptors (Lipinski definition) is 6. The van der Waals surface area contributed by atoms with Crippen LogP contribution in [-0.2, 0) is 10.1 Å². The van der Waals surface area contributed by atoms with Crippen molar-refractivity contribution in [3.05, 3.63) is 53.1 Å². The number of nitrogens with zero attached hydrogens (tertiary/aromatic N) is 2. The molecule has 0 bridgehead atoms. The van der Waals surface area contributed by atoms with E-state index in [-0.39, 0.29) is 4.90 Å². The Morgan fingerprint density at radius 1 is 1.17 bits per heavy atom. The predicted octanol–water partition coefficient (Wildman–Crippen LogP) is 3.85. The first kappa shape index (κ1) is 15.9. The van der Waals surface area contributed by atoms with Crippen LogP contribution in [0.1, 0.15) is 0 Å². The molecule has 0 spiro atoms. The largest absolute Gasteiger partial charge is 0.332 e. The van der Waals surface area contributed by atoms with E-state index < -0.39 is 10.1 Å². The molecule has 0 aliphatic carbocycles. The van der Waals surface area contributed by atoms with Crippen LogP contribution in [0.2, 0.25) is 5.15 Å². The molecule has 23 heavy (non-hydrogen) atoms. The predicted molar refractivity (Wildman–Crippen MR) is 89.9 cm³/mol. The summed E-state index contributed by atoms with van der Waals surface area (Å²) in [5, 5.41) is 5.99. The molecule has 0 atom stereocenters. The standard InChI is InChI=1S/C14H10ClN3O3S2/c15-13-7-9(5-6-16-13)12-8-22-14(18-12)17-10-1-3-11(4-2-10)23(19,20)21/h1-8H,(H,17,18)(H,19,20,21). The summed E-state index contributed by atoms with van der Waals surface area (Å²) in [7, 11) is -4.19. The maximum Gasteiger partial charge on any atom is 0.294 e. The Hall–Kier alpha value is -2.00. The summed E-state index contributed by atoms with van der Waals surface area (Å²) in [6, 6.07) is 9.26. The zero-order valence-electron chi connectivity index (χ0n) is 11.5. The van der Waals surface area contributed by atoms with Gasteiger partial charge in [-0.15, -0.1) is 11.3 Å². The van der Waals surface area contributed by atoms with Gasteiger partial charge >= 0.3 is 0 Å². The molecule has 0 saturated carbocycles. The van der Waals surface area contributed by atoms with Crippen molar-refractivity contribution in [2.45, 2.75) is 4.90 Å². The van der Waals surface area contributed by atoms with Crippen molar-refractivity contribution in [2.75, 3.05) is 5.32 Å². The number of anilines is 2. The van der Waals surface area contributed by atoms with Crippen LogP contribution in [0, 0.1) is 0 Å². The number of rotatable bonds is 4. The molecule has 3 aromatic rings. The molecule has 2 N–H and O–H groups in total. The Bertz CT molecular complexity index is 940. The fourth-order valence-electron chi connectivity index (χ4n) is 1.86. The van der Waals surface area contributed by atoms with Gasteiger partial charge in [0.2, 0.25) is 0 Å². The minimum Gasteiger partial charge on any atom is -0.332 e. The van der Waals surface area contributed by atoms with Gasteiger partial charge in [-0.2, -0.15) is 8.42 Å². The van der Waals surface area contributed by atoms with Crippen molar-refractivity contribution >= 4 is 43.9 Å². The average molecular weight is 368 g/mol. The van der Waals surface area contributed by atoms with E-state index in [1.165, 1.54) is 23.5 Å².